The van der Waals surface area contributed by atoms with Gasteiger partial charge in [0.1, 0.15) is 0 Å². The van der Waals surface area contributed by atoms with Crippen LogP contribution in [0.1, 0.15) is 0 Å². The smallest absolute Gasteiger partial charge is 0.305 e. The number of hydrogen-bond acceptors (Lipinski definition) is 3. The molecule has 0 aliphatic rings. The fraction of sp³-hybridized carbons (Fsp3) is 0. The number of hydrogen-bond donors (Lipinski definition) is 1. The van der Waals surface area contributed by atoms with Gasteiger partial charge in [0.05, 0.1) is 4.92 Å². The minimum absolute atomic E-state index is 0.0107. The molecular weight excluding hydrogens is 145 g/mol. The third-order valence-electron chi connectivity index (χ3n) is 1.30. The van der Waals surface area contributed by atoms with E-state index in [1.54, 1.807) is 12.1 Å². The lowest BCUT2D eigenvalue weighted by Gasteiger charge is -1.92. The van der Waals surface area contributed by atoms with Crippen LogP contribution in [-0.2, 0) is 0 Å². The van der Waals surface area contributed by atoms with Gasteiger partial charge >= 0.3 is 7.48 Å². The molecule has 1 aromatic carbocycles. The standard InChI is InChI=1S/C6H6BNO3/c9-7-5-2-1-3-6(4-5)8(10)11/h1-4,7,9H. The molecule has 0 spiro atoms. The summed E-state index contributed by atoms with van der Waals surface area (Å²) in [5.74, 6) is 0. The van der Waals surface area contributed by atoms with Gasteiger partial charge in [0, 0.05) is 12.1 Å². The van der Waals surface area contributed by atoms with Crippen LogP contribution in [0, 0.1) is 10.1 Å². The maximum absolute atomic E-state index is 10.2. The predicted molar refractivity (Wildman–Crippen MR) is 42.1 cm³/mol. The van der Waals surface area contributed by atoms with Gasteiger partial charge in [-0.1, -0.05) is 12.1 Å². The van der Waals surface area contributed by atoms with Gasteiger partial charge in [-0.2, -0.15) is 0 Å². The van der Waals surface area contributed by atoms with Gasteiger partial charge in [0.15, 0.2) is 0 Å². The summed E-state index contributed by atoms with van der Waals surface area (Å²) in [6, 6.07) is 5.91. The van der Waals surface area contributed by atoms with Crippen LogP contribution >= 0.6 is 0 Å². The second-order valence-electron chi connectivity index (χ2n) is 2.09. The van der Waals surface area contributed by atoms with Crippen molar-refractivity contribution in [1.29, 1.82) is 0 Å². The molecule has 0 atom stereocenters. The highest BCUT2D eigenvalue weighted by Gasteiger charge is 2.04. The molecule has 1 aromatic rings. The van der Waals surface area contributed by atoms with Crippen molar-refractivity contribution in [1.82, 2.24) is 0 Å². The lowest BCUT2D eigenvalue weighted by Crippen LogP contribution is -2.12. The molecule has 0 heterocycles. The monoisotopic (exact) mass is 151 g/mol. The number of nitrogens with zero attached hydrogens (tertiary/aromatic N) is 1. The summed E-state index contributed by atoms with van der Waals surface area (Å²) in [6.45, 7) is 0. The first-order valence-electron chi connectivity index (χ1n) is 3.08. The molecule has 0 unspecified atom stereocenters. The Hall–Kier alpha value is -1.36. The Kier molecular flexibility index (Phi) is 2.23. The van der Waals surface area contributed by atoms with E-state index in [4.69, 9.17) is 5.02 Å². The van der Waals surface area contributed by atoms with Gasteiger partial charge in [-0.15, -0.1) is 0 Å². The second kappa shape index (κ2) is 3.16. The lowest BCUT2D eigenvalue weighted by molar-refractivity contribution is -0.384. The molecule has 56 valence electrons. The van der Waals surface area contributed by atoms with Crippen molar-refractivity contribution in [2.45, 2.75) is 0 Å². The quantitative estimate of drug-likeness (QED) is 0.354. The predicted octanol–water partition coefficient (Wildman–Crippen LogP) is -0.436. The van der Waals surface area contributed by atoms with E-state index in [0.717, 1.165) is 0 Å². The average Bonchev–Trinajstić information content (AvgIpc) is 2.05. The molecule has 0 aliphatic carbocycles. The molecule has 0 aliphatic heterocycles. The van der Waals surface area contributed by atoms with Crippen molar-refractivity contribution in [3.63, 3.8) is 0 Å². The van der Waals surface area contributed by atoms with E-state index in [0.29, 0.717) is 5.46 Å². The fourth-order valence-electron chi connectivity index (χ4n) is 0.768. The highest BCUT2D eigenvalue weighted by atomic mass is 16.6. The number of benzene rings is 1. The Balaban J connectivity index is 3.01. The minimum atomic E-state index is -0.487. The summed E-state index contributed by atoms with van der Waals surface area (Å²) in [5, 5.41) is 18.8. The maximum Gasteiger partial charge on any atom is 0.305 e. The van der Waals surface area contributed by atoms with Crippen molar-refractivity contribution in [3.05, 3.63) is 34.4 Å². The van der Waals surface area contributed by atoms with E-state index >= 15 is 0 Å². The highest BCUT2D eigenvalue weighted by molar-refractivity contribution is 6.45. The molecule has 0 saturated heterocycles. The fourth-order valence-corrected chi connectivity index (χ4v) is 0.768. The number of nitro benzene ring substituents is 1. The SMILES string of the molecule is O=[N+]([O-])c1cccc(BO)c1. The van der Waals surface area contributed by atoms with E-state index in [1.807, 2.05) is 0 Å². The van der Waals surface area contributed by atoms with Crippen LogP contribution in [0.15, 0.2) is 24.3 Å². The van der Waals surface area contributed by atoms with Crippen molar-refractivity contribution < 1.29 is 9.95 Å². The molecule has 1 N–H and O–H groups in total. The van der Waals surface area contributed by atoms with Crippen LogP contribution in [0.2, 0.25) is 0 Å². The first-order chi connectivity index (χ1) is 5.24. The van der Waals surface area contributed by atoms with Gasteiger partial charge in [-0.05, 0) is 5.46 Å². The van der Waals surface area contributed by atoms with E-state index in [1.165, 1.54) is 12.1 Å². The normalized spacial score (nSPS) is 9.18. The minimum Gasteiger partial charge on any atom is -0.449 e. The van der Waals surface area contributed by atoms with Crippen LogP contribution in [0.3, 0.4) is 0 Å². The first-order valence-corrected chi connectivity index (χ1v) is 3.08. The van der Waals surface area contributed by atoms with Crippen molar-refractivity contribution >= 4 is 18.6 Å². The van der Waals surface area contributed by atoms with Gasteiger partial charge in [0.25, 0.3) is 5.69 Å². The summed E-state index contributed by atoms with van der Waals surface area (Å²) in [4.78, 5) is 9.71. The third kappa shape index (κ3) is 1.78. The Morgan fingerprint density at radius 2 is 2.27 bits per heavy atom. The largest absolute Gasteiger partial charge is 0.449 e. The zero-order valence-electron chi connectivity index (χ0n) is 5.73. The van der Waals surface area contributed by atoms with Crippen molar-refractivity contribution in [2.24, 2.45) is 0 Å². The molecule has 0 bridgehead atoms. The summed E-state index contributed by atoms with van der Waals surface area (Å²) in [6.07, 6.45) is 0. The maximum atomic E-state index is 10.2. The third-order valence-corrected chi connectivity index (χ3v) is 1.30. The van der Waals surface area contributed by atoms with Gasteiger partial charge in [-0.3, -0.25) is 10.1 Å². The molecule has 5 heteroatoms. The lowest BCUT2D eigenvalue weighted by atomic mass is 9.89. The van der Waals surface area contributed by atoms with Gasteiger partial charge in [0.2, 0.25) is 0 Å². The molecule has 0 aromatic heterocycles. The van der Waals surface area contributed by atoms with E-state index < -0.39 is 4.92 Å². The summed E-state index contributed by atoms with van der Waals surface area (Å²) < 4.78 is 0. The van der Waals surface area contributed by atoms with Crippen LogP contribution in [0.5, 0.6) is 0 Å². The Bertz CT molecular complexity index is 276. The first kappa shape index (κ1) is 7.75. The molecule has 4 nitrogen and oxygen atoms in total. The van der Waals surface area contributed by atoms with Crippen molar-refractivity contribution in [3.8, 4) is 0 Å². The molecule has 11 heavy (non-hydrogen) atoms. The summed E-state index contributed by atoms with van der Waals surface area (Å²) >= 11 is 0. The van der Waals surface area contributed by atoms with Crippen LogP contribution in [0.25, 0.3) is 0 Å². The van der Waals surface area contributed by atoms with Gasteiger partial charge < -0.3 is 5.02 Å². The Morgan fingerprint density at radius 3 is 2.82 bits per heavy atom. The molecule has 0 saturated carbocycles. The summed E-state index contributed by atoms with van der Waals surface area (Å²) in [7, 11) is -0.165. The van der Waals surface area contributed by atoms with Gasteiger partial charge in [-0.25, -0.2) is 0 Å². The zero-order valence-corrected chi connectivity index (χ0v) is 5.73. The molecule has 0 fully saturated rings. The summed E-state index contributed by atoms with van der Waals surface area (Å²) in [5.41, 5.74) is 0.566. The number of rotatable bonds is 2. The van der Waals surface area contributed by atoms with Crippen molar-refractivity contribution in [2.75, 3.05) is 0 Å². The van der Waals surface area contributed by atoms with Crippen LogP contribution in [-0.4, -0.2) is 17.4 Å². The van der Waals surface area contributed by atoms with E-state index in [-0.39, 0.29) is 13.2 Å². The highest BCUT2D eigenvalue weighted by Crippen LogP contribution is 2.05. The zero-order chi connectivity index (χ0) is 8.27. The number of non-ortho nitro benzene ring substituents is 1. The molecule has 1 rings (SSSR count). The molecule has 0 radical (unpaired) electrons. The van der Waals surface area contributed by atoms with E-state index in [9.17, 15) is 10.1 Å². The van der Waals surface area contributed by atoms with Crippen LogP contribution < -0.4 is 5.46 Å². The second-order valence-corrected chi connectivity index (χ2v) is 2.09. The Labute approximate surface area is 63.9 Å². The molecular formula is C6H6BNO3. The Morgan fingerprint density at radius 1 is 1.55 bits per heavy atom. The van der Waals surface area contributed by atoms with E-state index in [2.05, 4.69) is 0 Å². The average molecular weight is 151 g/mol. The topological polar surface area (TPSA) is 63.4 Å². The van der Waals surface area contributed by atoms with Crippen LogP contribution in [0.4, 0.5) is 5.69 Å². The molecule has 0 amide bonds. The number of nitro groups is 1.